The predicted octanol–water partition coefficient (Wildman–Crippen LogP) is 2.99. The lowest BCUT2D eigenvalue weighted by Crippen LogP contribution is -2.50. The number of ether oxygens (including phenoxy) is 3. The van der Waals surface area contributed by atoms with Gasteiger partial charge in [0.1, 0.15) is 11.3 Å². The fourth-order valence-corrected chi connectivity index (χ4v) is 5.54. The van der Waals surface area contributed by atoms with E-state index in [4.69, 9.17) is 14.2 Å². The van der Waals surface area contributed by atoms with Gasteiger partial charge in [-0.3, -0.25) is 4.79 Å². The van der Waals surface area contributed by atoms with Crippen molar-refractivity contribution < 1.29 is 49.9 Å². The number of hydrogen-bond donors (Lipinski definition) is 0. The molecule has 0 aromatic heterocycles. The SMILES string of the molecule is O=C1OC2(CC3CC2CC3C(=O)OCCC(F)C(F)(F)S(=O)(=O)[O-])Oc2cc(I)ccc21. The molecular formula is C19H17F3IO8S-. The number of hydrogen-bond acceptors (Lipinski definition) is 8. The molecule has 3 aliphatic rings. The lowest BCUT2D eigenvalue weighted by molar-refractivity contribution is -0.193. The molecule has 0 radical (unpaired) electrons. The van der Waals surface area contributed by atoms with E-state index in [2.05, 4.69) is 22.6 Å². The third-order valence-corrected chi connectivity index (χ3v) is 7.78. The van der Waals surface area contributed by atoms with Gasteiger partial charge in [-0.15, -0.1) is 0 Å². The van der Waals surface area contributed by atoms with E-state index in [-0.39, 0.29) is 24.7 Å². The van der Waals surface area contributed by atoms with Gasteiger partial charge in [0.15, 0.2) is 16.3 Å². The van der Waals surface area contributed by atoms with Crippen LogP contribution in [0.25, 0.3) is 0 Å². The highest BCUT2D eigenvalue weighted by atomic mass is 127. The maximum atomic E-state index is 13.5. The van der Waals surface area contributed by atoms with Crippen LogP contribution in [0.3, 0.4) is 0 Å². The van der Waals surface area contributed by atoms with Crippen molar-refractivity contribution in [3.8, 4) is 5.75 Å². The Labute approximate surface area is 194 Å². The highest BCUT2D eigenvalue weighted by molar-refractivity contribution is 14.1. The minimum atomic E-state index is -6.17. The summed E-state index contributed by atoms with van der Waals surface area (Å²) < 4.78 is 88.6. The number of esters is 2. The molecule has 4 rings (SSSR count). The summed E-state index contributed by atoms with van der Waals surface area (Å²) in [6.45, 7) is -0.804. The number of fused-ring (bicyclic) bond motifs is 4. The van der Waals surface area contributed by atoms with E-state index in [1.165, 1.54) is 0 Å². The van der Waals surface area contributed by atoms with Gasteiger partial charge in [-0.05, 0) is 59.5 Å². The maximum absolute atomic E-state index is 13.5. The summed E-state index contributed by atoms with van der Waals surface area (Å²) in [6, 6.07) is 5.08. The van der Waals surface area contributed by atoms with Gasteiger partial charge < -0.3 is 18.8 Å². The van der Waals surface area contributed by atoms with Crippen LogP contribution in [0.2, 0.25) is 0 Å². The Kier molecular flexibility index (Phi) is 5.89. The molecule has 176 valence electrons. The smallest absolute Gasteiger partial charge is 0.364 e. The number of benzene rings is 1. The van der Waals surface area contributed by atoms with Crippen LogP contribution < -0.4 is 4.74 Å². The van der Waals surface area contributed by atoms with Crippen molar-refractivity contribution in [3.05, 3.63) is 27.3 Å². The van der Waals surface area contributed by atoms with Crippen molar-refractivity contribution >= 4 is 44.6 Å². The van der Waals surface area contributed by atoms with Gasteiger partial charge in [0.2, 0.25) is 0 Å². The van der Waals surface area contributed by atoms with E-state index in [1.54, 1.807) is 18.2 Å². The molecule has 0 saturated heterocycles. The van der Waals surface area contributed by atoms with Gasteiger partial charge in [-0.2, -0.15) is 8.78 Å². The Morgan fingerprint density at radius 2 is 2.06 bits per heavy atom. The van der Waals surface area contributed by atoms with Crippen LogP contribution in [0.1, 0.15) is 36.0 Å². The minimum Gasteiger partial charge on any atom is -0.743 e. The Bertz CT molecular complexity index is 1060. The van der Waals surface area contributed by atoms with Crippen molar-refractivity contribution in [2.45, 2.75) is 42.9 Å². The zero-order chi connectivity index (χ0) is 23.5. The van der Waals surface area contributed by atoms with Crippen LogP contribution in [0.5, 0.6) is 5.75 Å². The standard InChI is InChI=1S/C19H18F3IO8S/c20-15(19(21,22)32(26,27)28)3-4-29-16(24)13-6-10-5-9(13)8-18(10)30-14-7-11(23)1-2-12(14)17(25)31-18/h1-2,7,9-10,13,15H,3-6,8H2,(H,26,27,28)/p-1. The second-order valence-electron chi connectivity index (χ2n) is 8.12. The lowest BCUT2D eigenvalue weighted by Gasteiger charge is -2.41. The van der Waals surface area contributed by atoms with Crippen molar-refractivity contribution in [1.82, 2.24) is 0 Å². The topological polar surface area (TPSA) is 119 Å². The second kappa shape index (κ2) is 8.01. The molecule has 1 aromatic rings. The number of rotatable bonds is 6. The van der Waals surface area contributed by atoms with Crippen LogP contribution in [0, 0.1) is 21.3 Å². The van der Waals surface area contributed by atoms with Crippen molar-refractivity contribution in [3.63, 3.8) is 0 Å². The Morgan fingerprint density at radius 1 is 1.34 bits per heavy atom. The molecule has 1 aromatic carbocycles. The normalized spacial score (nSPS) is 29.9. The largest absolute Gasteiger partial charge is 0.743 e. The first-order chi connectivity index (χ1) is 14.8. The molecule has 32 heavy (non-hydrogen) atoms. The third kappa shape index (κ3) is 3.95. The first kappa shape index (κ1) is 23.5. The molecule has 2 saturated carbocycles. The molecule has 2 aliphatic carbocycles. The summed E-state index contributed by atoms with van der Waals surface area (Å²) >= 11 is 2.09. The van der Waals surface area contributed by atoms with E-state index >= 15 is 0 Å². The van der Waals surface area contributed by atoms with Gasteiger partial charge in [0.25, 0.3) is 5.79 Å². The van der Waals surface area contributed by atoms with Crippen LogP contribution in [0.15, 0.2) is 18.2 Å². The zero-order valence-electron chi connectivity index (χ0n) is 16.3. The van der Waals surface area contributed by atoms with Gasteiger partial charge in [-0.25, -0.2) is 17.6 Å². The highest BCUT2D eigenvalue weighted by Gasteiger charge is 2.63. The van der Waals surface area contributed by atoms with Gasteiger partial charge in [0, 0.05) is 22.3 Å². The van der Waals surface area contributed by atoms with Crippen molar-refractivity contribution in [1.29, 1.82) is 0 Å². The third-order valence-electron chi connectivity index (χ3n) is 6.19. The molecule has 5 atom stereocenters. The first-order valence-electron chi connectivity index (χ1n) is 9.70. The number of halogens is 4. The van der Waals surface area contributed by atoms with E-state index in [9.17, 15) is 35.7 Å². The minimum absolute atomic E-state index is 0.242. The summed E-state index contributed by atoms with van der Waals surface area (Å²) in [6.07, 6.45) is -3.41. The number of carbonyl (C=O) groups is 2. The average molecular weight is 589 g/mol. The Morgan fingerprint density at radius 3 is 2.69 bits per heavy atom. The molecule has 1 spiro atoms. The monoisotopic (exact) mass is 589 g/mol. The highest BCUT2D eigenvalue weighted by Crippen LogP contribution is 2.57. The zero-order valence-corrected chi connectivity index (χ0v) is 19.2. The summed E-state index contributed by atoms with van der Waals surface area (Å²) in [5.74, 6) is -3.21. The Hall–Kier alpha value is -1.61. The lowest BCUT2D eigenvalue weighted by atomic mass is 9.84. The molecule has 8 nitrogen and oxygen atoms in total. The quantitative estimate of drug-likeness (QED) is 0.283. The van der Waals surface area contributed by atoms with E-state index in [1.807, 2.05) is 0 Å². The van der Waals surface area contributed by atoms with Crippen LogP contribution in [0.4, 0.5) is 13.2 Å². The van der Waals surface area contributed by atoms with Crippen molar-refractivity contribution in [2.75, 3.05) is 6.61 Å². The van der Waals surface area contributed by atoms with Crippen LogP contribution in [-0.4, -0.2) is 48.7 Å². The molecular weight excluding hydrogens is 572 g/mol. The molecule has 2 fully saturated rings. The summed E-state index contributed by atoms with van der Waals surface area (Å²) in [5, 5.41) is -5.10. The van der Waals surface area contributed by atoms with E-state index in [0.717, 1.165) is 3.57 Å². The average Bonchev–Trinajstić information content (AvgIpc) is 3.24. The fraction of sp³-hybridized carbons (Fsp3) is 0.579. The van der Waals surface area contributed by atoms with Gasteiger partial charge in [0.05, 0.1) is 12.5 Å². The van der Waals surface area contributed by atoms with Crippen molar-refractivity contribution in [2.24, 2.45) is 17.8 Å². The van der Waals surface area contributed by atoms with E-state index < -0.39 is 58.2 Å². The molecule has 1 heterocycles. The maximum Gasteiger partial charge on any atom is 0.364 e. The molecule has 1 aliphatic heterocycles. The predicted molar refractivity (Wildman–Crippen MR) is 107 cm³/mol. The number of alkyl halides is 3. The van der Waals surface area contributed by atoms with Crippen LogP contribution in [-0.2, 0) is 24.4 Å². The van der Waals surface area contributed by atoms with E-state index in [0.29, 0.717) is 17.7 Å². The molecule has 0 amide bonds. The summed E-state index contributed by atoms with van der Waals surface area (Å²) in [4.78, 5) is 24.8. The van der Waals surface area contributed by atoms with Crippen LogP contribution >= 0.6 is 22.6 Å². The molecule has 5 unspecified atom stereocenters. The summed E-state index contributed by atoms with van der Waals surface area (Å²) in [5.41, 5.74) is 0.312. The fourth-order valence-electron chi connectivity index (χ4n) is 4.64. The molecule has 0 N–H and O–H groups in total. The molecule has 13 heteroatoms. The number of carbonyl (C=O) groups excluding carboxylic acids is 2. The van der Waals surface area contributed by atoms with Gasteiger partial charge >= 0.3 is 17.2 Å². The van der Waals surface area contributed by atoms with Gasteiger partial charge in [-0.1, -0.05) is 0 Å². The summed E-state index contributed by atoms with van der Waals surface area (Å²) in [7, 11) is -6.17. The molecule has 2 bridgehead atoms. The Balaban J connectivity index is 1.35. The second-order valence-corrected chi connectivity index (χ2v) is 10.8. The first-order valence-corrected chi connectivity index (χ1v) is 12.2.